The molecule has 112 valence electrons. The number of rotatable bonds is 3. The van der Waals surface area contributed by atoms with Gasteiger partial charge in [-0.2, -0.15) is 0 Å². The first kappa shape index (κ1) is 13.1. The van der Waals surface area contributed by atoms with Crippen LogP contribution in [0.2, 0.25) is 0 Å². The van der Waals surface area contributed by atoms with Crippen molar-refractivity contribution in [3.8, 4) is 0 Å². The summed E-state index contributed by atoms with van der Waals surface area (Å²) in [5.74, 6) is -0.828. The Kier molecular flexibility index (Phi) is 2.82. The molecule has 0 saturated heterocycles. The normalized spacial score (nSPS) is 25.0. The van der Waals surface area contributed by atoms with Crippen LogP contribution >= 0.6 is 0 Å². The molecule has 4 rings (SSSR count). The van der Waals surface area contributed by atoms with Gasteiger partial charge in [0.25, 0.3) is 5.91 Å². The molecule has 22 heavy (non-hydrogen) atoms. The Morgan fingerprint density at radius 3 is 2.68 bits per heavy atom. The van der Waals surface area contributed by atoms with Crippen LogP contribution in [-0.2, 0) is 6.42 Å². The lowest BCUT2D eigenvalue weighted by molar-refractivity contribution is 0.0659. The average Bonchev–Trinajstić information content (AvgIpc) is 2.98. The minimum absolute atomic E-state index is 0.0503. The van der Waals surface area contributed by atoms with Crippen molar-refractivity contribution in [3.63, 3.8) is 0 Å². The minimum atomic E-state index is -1.17. The second kappa shape index (κ2) is 4.73. The van der Waals surface area contributed by atoms with E-state index >= 15 is 0 Å². The van der Waals surface area contributed by atoms with E-state index in [0.29, 0.717) is 11.8 Å². The van der Waals surface area contributed by atoms with Gasteiger partial charge in [0.2, 0.25) is 5.76 Å². The van der Waals surface area contributed by atoms with E-state index in [1.807, 2.05) is 12.1 Å². The lowest BCUT2D eigenvalue weighted by Crippen LogP contribution is -2.27. The molecular formula is C17H15NO4. The van der Waals surface area contributed by atoms with Gasteiger partial charge in [-0.1, -0.05) is 24.3 Å². The Hall–Kier alpha value is -2.56. The third-order valence-corrected chi connectivity index (χ3v) is 4.67. The SMILES string of the molecule is O=C(O)c1ccc(C(=O)NC2C3CCc4ccccc4C32)o1. The van der Waals surface area contributed by atoms with Crippen LogP contribution in [0.3, 0.4) is 0 Å². The van der Waals surface area contributed by atoms with Crippen LogP contribution in [0.1, 0.15) is 44.6 Å². The second-order valence-corrected chi connectivity index (χ2v) is 5.90. The fraction of sp³-hybridized carbons (Fsp3) is 0.294. The molecule has 2 aliphatic carbocycles. The number of aryl methyl sites for hydroxylation is 1. The zero-order chi connectivity index (χ0) is 15.3. The van der Waals surface area contributed by atoms with E-state index in [9.17, 15) is 9.59 Å². The highest BCUT2D eigenvalue weighted by Crippen LogP contribution is 2.54. The van der Waals surface area contributed by atoms with Crippen LogP contribution in [0.15, 0.2) is 40.8 Å². The summed E-state index contributed by atoms with van der Waals surface area (Å²) >= 11 is 0. The van der Waals surface area contributed by atoms with Crippen LogP contribution < -0.4 is 5.32 Å². The maximum atomic E-state index is 12.2. The van der Waals surface area contributed by atoms with Crippen molar-refractivity contribution in [1.82, 2.24) is 5.32 Å². The molecular weight excluding hydrogens is 282 g/mol. The maximum absolute atomic E-state index is 12.2. The van der Waals surface area contributed by atoms with Gasteiger partial charge in [0.05, 0.1) is 0 Å². The first-order valence-corrected chi connectivity index (χ1v) is 7.37. The van der Waals surface area contributed by atoms with Crippen LogP contribution in [-0.4, -0.2) is 23.0 Å². The van der Waals surface area contributed by atoms with Gasteiger partial charge in [0, 0.05) is 12.0 Å². The average molecular weight is 297 g/mol. The quantitative estimate of drug-likeness (QED) is 0.912. The number of furan rings is 1. The number of amides is 1. The molecule has 0 bridgehead atoms. The van der Waals surface area contributed by atoms with Gasteiger partial charge in [0.1, 0.15) is 0 Å². The molecule has 3 atom stereocenters. The van der Waals surface area contributed by atoms with Gasteiger partial charge in [0.15, 0.2) is 5.76 Å². The van der Waals surface area contributed by atoms with Crippen molar-refractivity contribution in [2.45, 2.75) is 24.8 Å². The van der Waals surface area contributed by atoms with Crippen LogP contribution in [0.25, 0.3) is 0 Å². The Morgan fingerprint density at radius 2 is 1.91 bits per heavy atom. The van der Waals surface area contributed by atoms with E-state index in [-0.39, 0.29) is 23.5 Å². The fourth-order valence-electron chi connectivity index (χ4n) is 3.56. The Bertz CT molecular complexity index is 764. The highest BCUT2D eigenvalue weighted by molar-refractivity contribution is 5.94. The molecule has 1 aromatic carbocycles. The fourth-order valence-corrected chi connectivity index (χ4v) is 3.56. The molecule has 2 aliphatic rings. The zero-order valence-electron chi connectivity index (χ0n) is 11.8. The van der Waals surface area contributed by atoms with Gasteiger partial charge in [-0.25, -0.2) is 4.79 Å². The minimum Gasteiger partial charge on any atom is -0.475 e. The predicted molar refractivity (Wildman–Crippen MR) is 77.9 cm³/mol. The van der Waals surface area contributed by atoms with E-state index in [1.54, 1.807) is 0 Å². The molecule has 5 heteroatoms. The largest absolute Gasteiger partial charge is 0.475 e. The Morgan fingerprint density at radius 1 is 1.14 bits per heavy atom. The summed E-state index contributed by atoms with van der Waals surface area (Å²) in [5.41, 5.74) is 2.70. The monoisotopic (exact) mass is 297 g/mol. The molecule has 0 aliphatic heterocycles. The van der Waals surface area contributed by atoms with Gasteiger partial charge >= 0.3 is 5.97 Å². The van der Waals surface area contributed by atoms with Gasteiger partial charge in [-0.05, 0) is 42.0 Å². The summed E-state index contributed by atoms with van der Waals surface area (Å²) in [7, 11) is 0. The highest BCUT2D eigenvalue weighted by atomic mass is 16.4. The number of carboxylic acid groups (broad SMARTS) is 1. The number of carboxylic acids is 1. The number of hydrogen-bond acceptors (Lipinski definition) is 3. The van der Waals surface area contributed by atoms with Gasteiger partial charge in [-0.3, -0.25) is 4.79 Å². The molecule has 2 aromatic rings. The molecule has 1 aromatic heterocycles. The summed E-state index contributed by atoms with van der Waals surface area (Å²) in [6, 6.07) is 11.2. The number of hydrogen-bond donors (Lipinski definition) is 2. The smallest absolute Gasteiger partial charge is 0.371 e. The van der Waals surface area contributed by atoms with E-state index in [4.69, 9.17) is 9.52 Å². The third-order valence-electron chi connectivity index (χ3n) is 4.67. The maximum Gasteiger partial charge on any atom is 0.371 e. The Labute approximate surface area is 126 Å². The summed E-state index contributed by atoms with van der Waals surface area (Å²) in [4.78, 5) is 23.0. The molecule has 0 radical (unpaired) electrons. The molecule has 0 spiro atoms. The number of carbonyl (C=O) groups excluding carboxylic acids is 1. The summed E-state index contributed by atoms with van der Waals surface area (Å²) in [6.07, 6.45) is 2.12. The third kappa shape index (κ3) is 2.01. The van der Waals surface area contributed by atoms with Crippen molar-refractivity contribution in [3.05, 3.63) is 59.0 Å². The van der Waals surface area contributed by atoms with Crippen LogP contribution in [0.4, 0.5) is 0 Å². The molecule has 5 nitrogen and oxygen atoms in total. The lowest BCUT2D eigenvalue weighted by atomic mass is 9.92. The lowest BCUT2D eigenvalue weighted by Gasteiger charge is -2.13. The molecule has 1 amide bonds. The van der Waals surface area contributed by atoms with E-state index in [2.05, 4.69) is 17.4 Å². The summed E-state index contributed by atoms with van der Waals surface area (Å²) in [6.45, 7) is 0. The Balaban J connectivity index is 1.49. The van der Waals surface area contributed by atoms with Gasteiger partial charge < -0.3 is 14.8 Å². The molecule has 3 unspecified atom stereocenters. The molecule has 1 saturated carbocycles. The van der Waals surface area contributed by atoms with Crippen molar-refractivity contribution < 1.29 is 19.1 Å². The second-order valence-electron chi connectivity index (χ2n) is 5.90. The van der Waals surface area contributed by atoms with E-state index < -0.39 is 5.97 Å². The topological polar surface area (TPSA) is 79.5 Å². The van der Waals surface area contributed by atoms with Crippen molar-refractivity contribution >= 4 is 11.9 Å². The predicted octanol–water partition coefficient (Wildman–Crippen LogP) is 2.44. The molecule has 2 N–H and O–H groups in total. The van der Waals surface area contributed by atoms with Crippen molar-refractivity contribution in [1.29, 1.82) is 0 Å². The molecule has 1 fully saturated rings. The van der Waals surface area contributed by atoms with Crippen molar-refractivity contribution in [2.75, 3.05) is 0 Å². The van der Waals surface area contributed by atoms with E-state index in [0.717, 1.165) is 12.8 Å². The summed E-state index contributed by atoms with van der Waals surface area (Å²) in [5, 5.41) is 11.8. The standard InChI is InChI=1S/C17H15NO4/c19-16(12-7-8-13(22-12)17(20)21)18-15-11-6-5-9-3-1-2-4-10(9)14(11)15/h1-4,7-8,11,14-15H,5-6H2,(H,18,19)(H,20,21). The number of fused-ring (bicyclic) bond motifs is 3. The van der Waals surface area contributed by atoms with E-state index in [1.165, 1.54) is 23.3 Å². The summed E-state index contributed by atoms with van der Waals surface area (Å²) < 4.78 is 5.05. The number of benzene rings is 1. The first-order chi connectivity index (χ1) is 10.6. The van der Waals surface area contributed by atoms with Crippen LogP contribution in [0, 0.1) is 5.92 Å². The zero-order valence-corrected chi connectivity index (χ0v) is 11.8. The highest BCUT2D eigenvalue weighted by Gasteiger charge is 2.54. The van der Waals surface area contributed by atoms with Crippen LogP contribution in [0.5, 0.6) is 0 Å². The number of carbonyl (C=O) groups is 2. The first-order valence-electron chi connectivity index (χ1n) is 7.37. The van der Waals surface area contributed by atoms with Crippen molar-refractivity contribution in [2.24, 2.45) is 5.92 Å². The molecule has 1 heterocycles. The number of nitrogens with one attached hydrogen (secondary N) is 1. The number of aromatic carboxylic acids is 1. The van der Waals surface area contributed by atoms with Gasteiger partial charge in [-0.15, -0.1) is 0 Å².